The van der Waals surface area contributed by atoms with E-state index in [2.05, 4.69) is 0 Å². The first-order chi connectivity index (χ1) is 9.60. The van der Waals surface area contributed by atoms with Gasteiger partial charge in [-0.3, -0.25) is 0 Å². The van der Waals surface area contributed by atoms with Crippen LogP contribution in [-0.2, 0) is 10.3 Å². The SMILES string of the molecule is CCC(O)(c1ccccc1F)C1CCOC2(CCC2)C1. The van der Waals surface area contributed by atoms with Crippen LogP contribution in [0, 0.1) is 11.7 Å². The van der Waals surface area contributed by atoms with Crippen molar-refractivity contribution in [1.82, 2.24) is 0 Å². The van der Waals surface area contributed by atoms with Gasteiger partial charge in [0, 0.05) is 12.2 Å². The highest BCUT2D eigenvalue weighted by Crippen LogP contribution is 2.50. The predicted octanol–water partition coefficient (Wildman–Crippen LogP) is 3.77. The fraction of sp³-hybridized carbons (Fsp3) is 0.647. The molecule has 3 heteroatoms. The van der Waals surface area contributed by atoms with E-state index in [-0.39, 0.29) is 17.3 Å². The van der Waals surface area contributed by atoms with Crippen LogP contribution in [0.2, 0.25) is 0 Å². The van der Waals surface area contributed by atoms with Crippen LogP contribution in [0.1, 0.15) is 51.0 Å². The van der Waals surface area contributed by atoms with Gasteiger partial charge in [0.05, 0.1) is 11.2 Å². The quantitative estimate of drug-likeness (QED) is 0.912. The lowest BCUT2D eigenvalue weighted by molar-refractivity contribution is -0.179. The van der Waals surface area contributed by atoms with Gasteiger partial charge in [-0.25, -0.2) is 4.39 Å². The lowest BCUT2D eigenvalue weighted by atomic mass is 9.65. The summed E-state index contributed by atoms with van der Waals surface area (Å²) in [7, 11) is 0. The number of hydrogen-bond acceptors (Lipinski definition) is 2. The highest BCUT2D eigenvalue weighted by atomic mass is 19.1. The molecular weight excluding hydrogens is 255 g/mol. The molecule has 2 fully saturated rings. The van der Waals surface area contributed by atoms with Crippen LogP contribution in [0.25, 0.3) is 0 Å². The standard InChI is InChI=1S/C17H23FO2/c1-2-17(19,14-6-3-4-7-15(14)18)13-8-11-20-16(12-13)9-5-10-16/h3-4,6-7,13,19H,2,5,8-12H2,1H3. The molecule has 1 aromatic rings. The minimum Gasteiger partial charge on any atom is -0.385 e. The number of benzene rings is 1. The Balaban J connectivity index is 1.90. The normalized spacial score (nSPS) is 27.9. The number of ether oxygens (including phenoxy) is 1. The third-order valence-electron chi connectivity index (χ3n) is 5.31. The highest BCUT2D eigenvalue weighted by Gasteiger charge is 2.49. The molecule has 0 radical (unpaired) electrons. The van der Waals surface area contributed by atoms with Crippen molar-refractivity contribution in [3.05, 3.63) is 35.6 Å². The summed E-state index contributed by atoms with van der Waals surface area (Å²) in [5.41, 5.74) is -0.654. The van der Waals surface area contributed by atoms with Crippen molar-refractivity contribution < 1.29 is 14.2 Å². The molecule has 1 saturated carbocycles. The van der Waals surface area contributed by atoms with Crippen molar-refractivity contribution in [2.75, 3.05) is 6.61 Å². The first-order valence-electron chi connectivity index (χ1n) is 7.71. The molecule has 3 rings (SSSR count). The van der Waals surface area contributed by atoms with Gasteiger partial charge in [-0.05, 0) is 50.5 Å². The van der Waals surface area contributed by atoms with Crippen LogP contribution in [0.5, 0.6) is 0 Å². The van der Waals surface area contributed by atoms with E-state index in [1.165, 1.54) is 12.5 Å². The van der Waals surface area contributed by atoms with Gasteiger partial charge < -0.3 is 9.84 Å². The average molecular weight is 278 g/mol. The van der Waals surface area contributed by atoms with Gasteiger partial charge in [0.1, 0.15) is 5.82 Å². The molecule has 0 amide bonds. The van der Waals surface area contributed by atoms with Crippen molar-refractivity contribution >= 4 is 0 Å². The number of aliphatic hydroxyl groups is 1. The summed E-state index contributed by atoms with van der Waals surface area (Å²) < 4.78 is 20.1. The Kier molecular flexibility index (Phi) is 3.59. The second kappa shape index (κ2) is 5.12. The van der Waals surface area contributed by atoms with Crippen molar-refractivity contribution in [2.45, 2.75) is 56.7 Å². The topological polar surface area (TPSA) is 29.5 Å². The van der Waals surface area contributed by atoms with Crippen LogP contribution in [0.15, 0.2) is 24.3 Å². The third kappa shape index (κ3) is 2.17. The lowest BCUT2D eigenvalue weighted by Crippen LogP contribution is -2.50. The van der Waals surface area contributed by atoms with Crippen LogP contribution in [-0.4, -0.2) is 17.3 Å². The van der Waals surface area contributed by atoms with Gasteiger partial charge in [-0.2, -0.15) is 0 Å². The van der Waals surface area contributed by atoms with Gasteiger partial charge in [0.2, 0.25) is 0 Å². The van der Waals surface area contributed by atoms with Crippen LogP contribution >= 0.6 is 0 Å². The smallest absolute Gasteiger partial charge is 0.129 e. The molecule has 1 N–H and O–H groups in total. The van der Waals surface area contributed by atoms with E-state index < -0.39 is 5.60 Å². The summed E-state index contributed by atoms with van der Waals surface area (Å²) in [6, 6.07) is 6.64. The zero-order valence-corrected chi connectivity index (χ0v) is 12.1. The van der Waals surface area contributed by atoms with E-state index in [0.717, 1.165) is 25.7 Å². The van der Waals surface area contributed by atoms with Crippen LogP contribution in [0.3, 0.4) is 0 Å². The molecule has 1 aliphatic carbocycles. The predicted molar refractivity (Wildman–Crippen MR) is 75.8 cm³/mol. The molecule has 1 spiro atoms. The molecule has 110 valence electrons. The zero-order valence-electron chi connectivity index (χ0n) is 12.1. The first-order valence-corrected chi connectivity index (χ1v) is 7.71. The van der Waals surface area contributed by atoms with Gasteiger partial charge >= 0.3 is 0 Å². The van der Waals surface area contributed by atoms with Crippen molar-refractivity contribution in [2.24, 2.45) is 5.92 Å². The maximum atomic E-state index is 14.1. The summed E-state index contributed by atoms with van der Waals surface area (Å²) in [6.07, 6.45) is 5.57. The minimum absolute atomic E-state index is 0.0304. The van der Waals surface area contributed by atoms with Crippen LogP contribution in [0.4, 0.5) is 4.39 Å². The van der Waals surface area contributed by atoms with E-state index >= 15 is 0 Å². The largest absolute Gasteiger partial charge is 0.385 e. The Labute approximate surface area is 120 Å². The molecule has 2 atom stereocenters. The van der Waals surface area contributed by atoms with Gasteiger partial charge in [0.25, 0.3) is 0 Å². The molecule has 1 aliphatic heterocycles. The van der Waals surface area contributed by atoms with E-state index in [0.29, 0.717) is 18.6 Å². The molecule has 1 saturated heterocycles. The van der Waals surface area contributed by atoms with Crippen molar-refractivity contribution in [3.8, 4) is 0 Å². The lowest BCUT2D eigenvalue weighted by Gasteiger charge is -2.51. The van der Waals surface area contributed by atoms with Gasteiger partial charge in [-0.1, -0.05) is 25.1 Å². The molecular formula is C17H23FO2. The molecule has 0 aromatic heterocycles. The van der Waals surface area contributed by atoms with E-state index in [1.54, 1.807) is 18.2 Å². The Hall–Kier alpha value is -0.930. The minimum atomic E-state index is -1.07. The summed E-state index contributed by atoms with van der Waals surface area (Å²) >= 11 is 0. The Bertz CT molecular complexity index is 484. The maximum Gasteiger partial charge on any atom is 0.129 e. The first kappa shape index (κ1) is 14.0. The monoisotopic (exact) mass is 278 g/mol. The molecule has 2 nitrogen and oxygen atoms in total. The molecule has 1 aromatic carbocycles. The fourth-order valence-electron chi connectivity index (χ4n) is 3.87. The number of halogens is 1. The van der Waals surface area contributed by atoms with Gasteiger partial charge in [0.15, 0.2) is 0 Å². The average Bonchev–Trinajstić information content (AvgIpc) is 2.45. The second-order valence-corrected chi connectivity index (χ2v) is 6.33. The molecule has 2 aliphatic rings. The molecule has 20 heavy (non-hydrogen) atoms. The Morgan fingerprint density at radius 1 is 1.40 bits per heavy atom. The van der Waals surface area contributed by atoms with E-state index in [9.17, 15) is 9.50 Å². The molecule has 1 heterocycles. The number of hydrogen-bond donors (Lipinski definition) is 1. The molecule has 0 bridgehead atoms. The second-order valence-electron chi connectivity index (χ2n) is 6.33. The van der Waals surface area contributed by atoms with E-state index in [1.807, 2.05) is 6.92 Å². The summed E-state index contributed by atoms with van der Waals surface area (Å²) in [5, 5.41) is 11.2. The number of rotatable bonds is 3. The molecule has 2 unspecified atom stereocenters. The van der Waals surface area contributed by atoms with Crippen LogP contribution < -0.4 is 0 Å². The highest BCUT2D eigenvalue weighted by molar-refractivity contribution is 5.25. The van der Waals surface area contributed by atoms with E-state index in [4.69, 9.17) is 4.74 Å². The van der Waals surface area contributed by atoms with Crippen molar-refractivity contribution in [3.63, 3.8) is 0 Å². The van der Waals surface area contributed by atoms with Crippen molar-refractivity contribution in [1.29, 1.82) is 0 Å². The van der Waals surface area contributed by atoms with Gasteiger partial charge in [-0.15, -0.1) is 0 Å². The summed E-state index contributed by atoms with van der Waals surface area (Å²) in [5.74, 6) is -0.218. The zero-order chi connectivity index (χ0) is 14.2. The third-order valence-corrected chi connectivity index (χ3v) is 5.31. The summed E-state index contributed by atoms with van der Waals surface area (Å²) in [4.78, 5) is 0. The fourth-order valence-corrected chi connectivity index (χ4v) is 3.87. The Morgan fingerprint density at radius 2 is 2.15 bits per heavy atom. The maximum absolute atomic E-state index is 14.1. The Morgan fingerprint density at radius 3 is 2.75 bits per heavy atom. The summed E-state index contributed by atoms with van der Waals surface area (Å²) in [6.45, 7) is 2.62.